The maximum absolute atomic E-state index is 12.9. The number of hydrogen-bond acceptors (Lipinski definition) is 2. The summed E-state index contributed by atoms with van der Waals surface area (Å²) in [6, 6.07) is 18.6. The number of aromatic nitrogens is 1. The molecule has 0 saturated heterocycles. The van der Waals surface area contributed by atoms with Gasteiger partial charge in [-0.25, -0.2) is 4.98 Å². The van der Waals surface area contributed by atoms with E-state index in [1.165, 1.54) is 0 Å². The topological polar surface area (TPSA) is 33.2 Å². The van der Waals surface area contributed by atoms with E-state index in [9.17, 15) is 4.79 Å². The Bertz CT molecular complexity index is 918. The van der Waals surface area contributed by atoms with Crippen molar-refractivity contribution in [3.63, 3.8) is 0 Å². The number of carbonyl (C=O) groups is 1. The van der Waals surface area contributed by atoms with Gasteiger partial charge in [0.15, 0.2) is 0 Å². The number of benzene rings is 2. The van der Waals surface area contributed by atoms with Gasteiger partial charge in [-0.05, 0) is 30.5 Å². The minimum atomic E-state index is 0.0577. The van der Waals surface area contributed by atoms with E-state index in [-0.39, 0.29) is 11.9 Å². The number of hydrogen-bond donors (Lipinski definition) is 0. The van der Waals surface area contributed by atoms with Crippen molar-refractivity contribution in [1.29, 1.82) is 0 Å². The van der Waals surface area contributed by atoms with Gasteiger partial charge in [-0.2, -0.15) is 0 Å². The lowest BCUT2D eigenvalue weighted by molar-refractivity contribution is 0.0709. The molecule has 0 fully saturated rings. The highest BCUT2D eigenvalue weighted by Gasteiger charge is 2.34. The third kappa shape index (κ3) is 2.20. The minimum Gasteiger partial charge on any atom is -0.330 e. The van der Waals surface area contributed by atoms with Crippen LogP contribution in [0.25, 0.3) is 22.0 Å². The van der Waals surface area contributed by atoms with Crippen molar-refractivity contribution in [3.8, 4) is 11.1 Å². The molecule has 1 aromatic heterocycles. The van der Waals surface area contributed by atoms with Gasteiger partial charge in [0.05, 0.1) is 5.52 Å². The lowest BCUT2D eigenvalue weighted by Crippen LogP contribution is -2.32. The van der Waals surface area contributed by atoms with Crippen molar-refractivity contribution in [2.75, 3.05) is 0 Å². The molecule has 0 bridgehead atoms. The maximum Gasteiger partial charge on any atom is 0.273 e. The van der Waals surface area contributed by atoms with Crippen molar-refractivity contribution in [3.05, 3.63) is 65.9 Å². The number of pyridine rings is 1. The lowest BCUT2D eigenvalue weighted by Gasteiger charge is -2.22. The molecule has 0 radical (unpaired) electrons. The minimum absolute atomic E-state index is 0.0577. The molecular formula is C21H20N2O. The smallest absolute Gasteiger partial charge is 0.273 e. The molecule has 1 amide bonds. The van der Waals surface area contributed by atoms with Crippen LogP contribution in [0.1, 0.15) is 36.3 Å². The van der Waals surface area contributed by atoms with Gasteiger partial charge in [-0.3, -0.25) is 4.79 Å². The van der Waals surface area contributed by atoms with E-state index in [1.54, 1.807) is 0 Å². The summed E-state index contributed by atoms with van der Waals surface area (Å²) in [5.74, 6) is 0.0577. The number of fused-ring (bicyclic) bond motifs is 2. The van der Waals surface area contributed by atoms with Crippen LogP contribution in [0.5, 0.6) is 0 Å². The summed E-state index contributed by atoms with van der Waals surface area (Å²) in [6.45, 7) is 4.86. The van der Waals surface area contributed by atoms with E-state index in [0.29, 0.717) is 12.2 Å². The van der Waals surface area contributed by atoms with Crippen LogP contribution in [0.3, 0.4) is 0 Å². The van der Waals surface area contributed by atoms with Gasteiger partial charge in [0.1, 0.15) is 5.69 Å². The monoisotopic (exact) mass is 316 g/mol. The van der Waals surface area contributed by atoms with Crippen LogP contribution < -0.4 is 0 Å². The first-order valence-corrected chi connectivity index (χ1v) is 8.48. The zero-order chi connectivity index (χ0) is 16.7. The van der Waals surface area contributed by atoms with Crippen molar-refractivity contribution < 1.29 is 4.79 Å². The first-order chi connectivity index (χ1) is 11.7. The molecule has 4 rings (SSSR count). The number of amides is 1. The molecule has 0 N–H and O–H groups in total. The molecule has 120 valence electrons. The Morgan fingerprint density at radius 2 is 1.79 bits per heavy atom. The van der Waals surface area contributed by atoms with Gasteiger partial charge in [0.2, 0.25) is 0 Å². The van der Waals surface area contributed by atoms with Gasteiger partial charge >= 0.3 is 0 Å². The van der Waals surface area contributed by atoms with Crippen LogP contribution in [0.2, 0.25) is 0 Å². The Labute approximate surface area is 141 Å². The average molecular weight is 316 g/mol. The van der Waals surface area contributed by atoms with Crippen molar-refractivity contribution in [2.24, 2.45) is 0 Å². The fourth-order valence-corrected chi connectivity index (χ4v) is 3.47. The average Bonchev–Trinajstić information content (AvgIpc) is 2.96. The molecule has 3 nitrogen and oxygen atoms in total. The van der Waals surface area contributed by atoms with E-state index < -0.39 is 0 Å². The molecule has 2 heterocycles. The summed E-state index contributed by atoms with van der Waals surface area (Å²) in [7, 11) is 0. The Kier molecular flexibility index (Phi) is 3.57. The Balaban J connectivity index is 2.00. The molecule has 0 unspecified atom stereocenters. The number of carbonyl (C=O) groups excluding carboxylic acids is 1. The quantitative estimate of drug-likeness (QED) is 0.704. The standard InChI is InChI=1S/C21H20N2O/c1-3-14(2)23-13-17-19(15-9-5-4-6-10-15)16-11-7-8-12-18(16)22-20(17)21(23)24/h4-12,14H,3,13H2,1-2H3/t14-/m0/s1. The van der Waals surface area contributed by atoms with E-state index in [1.807, 2.05) is 41.3 Å². The van der Waals surface area contributed by atoms with E-state index in [4.69, 9.17) is 4.98 Å². The lowest BCUT2D eigenvalue weighted by atomic mass is 9.95. The van der Waals surface area contributed by atoms with Crippen LogP contribution in [0, 0.1) is 0 Å². The van der Waals surface area contributed by atoms with Gasteiger partial charge in [0, 0.05) is 23.5 Å². The molecule has 0 saturated carbocycles. The van der Waals surface area contributed by atoms with E-state index >= 15 is 0 Å². The normalized spacial score (nSPS) is 14.9. The van der Waals surface area contributed by atoms with Crippen molar-refractivity contribution in [1.82, 2.24) is 9.88 Å². The second-order valence-electron chi connectivity index (χ2n) is 6.39. The van der Waals surface area contributed by atoms with Gasteiger partial charge in [0.25, 0.3) is 5.91 Å². The SMILES string of the molecule is CC[C@H](C)N1Cc2c(nc3ccccc3c2-c2ccccc2)C1=O. The van der Waals surface area contributed by atoms with Gasteiger partial charge < -0.3 is 4.90 Å². The van der Waals surface area contributed by atoms with Crippen LogP contribution in [-0.4, -0.2) is 21.8 Å². The highest BCUT2D eigenvalue weighted by molar-refractivity contribution is 6.06. The summed E-state index contributed by atoms with van der Waals surface area (Å²) in [6.07, 6.45) is 0.944. The molecule has 0 spiro atoms. The number of para-hydroxylation sites is 1. The first kappa shape index (κ1) is 14.9. The molecular weight excluding hydrogens is 296 g/mol. The first-order valence-electron chi connectivity index (χ1n) is 8.48. The summed E-state index contributed by atoms with van der Waals surface area (Å²) < 4.78 is 0. The predicted molar refractivity (Wildman–Crippen MR) is 96.8 cm³/mol. The Morgan fingerprint density at radius 1 is 1.08 bits per heavy atom. The van der Waals surface area contributed by atoms with Gasteiger partial charge in [-0.15, -0.1) is 0 Å². The Hall–Kier alpha value is -2.68. The van der Waals surface area contributed by atoms with Crippen molar-refractivity contribution in [2.45, 2.75) is 32.9 Å². The third-order valence-corrected chi connectivity index (χ3v) is 4.97. The molecule has 24 heavy (non-hydrogen) atoms. The highest BCUT2D eigenvalue weighted by atomic mass is 16.2. The zero-order valence-electron chi connectivity index (χ0n) is 14.0. The van der Waals surface area contributed by atoms with Crippen LogP contribution in [0.4, 0.5) is 0 Å². The Morgan fingerprint density at radius 3 is 2.54 bits per heavy atom. The van der Waals surface area contributed by atoms with Crippen LogP contribution in [0.15, 0.2) is 54.6 Å². The fraction of sp³-hybridized carbons (Fsp3) is 0.238. The predicted octanol–water partition coefficient (Wildman–Crippen LogP) is 4.66. The highest BCUT2D eigenvalue weighted by Crippen LogP contribution is 2.37. The summed E-state index contributed by atoms with van der Waals surface area (Å²) in [4.78, 5) is 19.5. The number of nitrogens with zero attached hydrogens (tertiary/aromatic N) is 2. The summed E-state index contributed by atoms with van der Waals surface area (Å²) in [5.41, 5.74) is 4.86. The fourth-order valence-electron chi connectivity index (χ4n) is 3.47. The van der Waals surface area contributed by atoms with E-state index in [2.05, 4.69) is 32.0 Å². The molecule has 3 heteroatoms. The van der Waals surface area contributed by atoms with Crippen LogP contribution >= 0.6 is 0 Å². The maximum atomic E-state index is 12.9. The van der Waals surface area contributed by atoms with Crippen molar-refractivity contribution >= 4 is 16.8 Å². The molecule has 2 aromatic carbocycles. The molecule has 0 aliphatic carbocycles. The summed E-state index contributed by atoms with van der Waals surface area (Å²) in [5, 5.41) is 1.11. The molecule has 1 aliphatic heterocycles. The van der Waals surface area contributed by atoms with E-state index in [0.717, 1.165) is 34.0 Å². The zero-order valence-corrected chi connectivity index (χ0v) is 14.0. The molecule has 1 aliphatic rings. The third-order valence-electron chi connectivity index (χ3n) is 4.97. The van der Waals surface area contributed by atoms with Crippen LogP contribution in [-0.2, 0) is 6.54 Å². The summed E-state index contributed by atoms with van der Waals surface area (Å²) >= 11 is 0. The number of rotatable bonds is 3. The second kappa shape index (κ2) is 5.75. The molecule has 3 aromatic rings. The molecule has 1 atom stereocenters. The second-order valence-corrected chi connectivity index (χ2v) is 6.39. The van der Waals surface area contributed by atoms with Gasteiger partial charge in [-0.1, -0.05) is 55.5 Å². The largest absolute Gasteiger partial charge is 0.330 e.